The minimum Gasteiger partial charge on any atom is -0.488 e. The first-order valence-corrected chi connectivity index (χ1v) is 10.6. The number of nitrogens with one attached hydrogen (secondary N) is 1. The summed E-state index contributed by atoms with van der Waals surface area (Å²) in [4.78, 5) is 26.3. The number of fused-ring (bicyclic) bond motifs is 1. The number of para-hydroxylation sites is 1. The Hall–Kier alpha value is -2.90. The number of anilines is 1. The van der Waals surface area contributed by atoms with E-state index >= 15 is 0 Å². The van der Waals surface area contributed by atoms with Crippen molar-refractivity contribution in [3.8, 4) is 5.75 Å². The summed E-state index contributed by atoms with van der Waals surface area (Å²) in [6.07, 6.45) is 0.432. The molecular weight excluding hydrogens is 396 g/mol. The molecule has 4 atom stereocenters. The number of benzene rings is 2. The van der Waals surface area contributed by atoms with E-state index in [4.69, 9.17) is 9.47 Å². The number of hydrogen-bond donors (Lipinski definition) is 2. The summed E-state index contributed by atoms with van der Waals surface area (Å²) >= 11 is 0. The van der Waals surface area contributed by atoms with Crippen molar-refractivity contribution in [2.45, 2.75) is 25.0 Å². The van der Waals surface area contributed by atoms with Gasteiger partial charge in [0, 0.05) is 18.8 Å². The third kappa shape index (κ3) is 5.24. The molecule has 1 aliphatic carbocycles. The Morgan fingerprint density at radius 1 is 1.06 bits per heavy atom. The lowest BCUT2D eigenvalue weighted by Crippen LogP contribution is -2.42. The first kappa shape index (κ1) is 21.3. The summed E-state index contributed by atoms with van der Waals surface area (Å²) in [5, 5.41) is 13.6. The Bertz CT molecular complexity index is 919. The molecule has 2 N–H and O–H groups in total. The SMILES string of the molecule is COC(=O)c1cccc(O[C@@H]2C[C@@H]3CN(CC(=O)Nc4ccccc4)C[C@@H]3C[C@H]2O)c1. The highest BCUT2D eigenvalue weighted by Crippen LogP contribution is 2.38. The van der Waals surface area contributed by atoms with Gasteiger partial charge in [0.15, 0.2) is 0 Å². The summed E-state index contributed by atoms with van der Waals surface area (Å²) < 4.78 is 10.8. The van der Waals surface area contributed by atoms with Crippen molar-refractivity contribution in [3.05, 3.63) is 60.2 Å². The Morgan fingerprint density at radius 2 is 1.81 bits per heavy atom. The van der Waals surface area contributed by atoms with E-state index in [1.54, 1.807) is 24.3 Å². The summed E-state index contributed by atoms with van der Waals surface area (Å²) in [5.74, 6) is 0.803. The Morgan fingerprint density at radius 3 is 2.55 bits per heavy atom. The van der Waals surface area contributed by atoms with Crippen molar-refractivity contribution < 1.29 is 24.2 Å². The lowest BCUT2D eigenvalue weighted by atomic mass is 9.78. The molecule has 2 aromatic rings. The van der Waals surface area contributed by atoms with Crippen LogP contribution in [0.2, 0.25) is 0 Å². The predicted molar refractivity (Wildman–Crippen MR) is 116 cm³/mol. The van der Waals surface area contributed by atoms with Crippen LogP contribution in [0.1, 0.15) is 23.2 Å². The van der Waals surface area contributed by atoms with Crippen molar-refractivity contribution in [2.24, 2.45) is 11.8 Å². The largest absolute Gasteiger partial charge is 0.488 e. The van der Waals surface area contributed by atoms with Gasteiger partial charge in [-0.3, -0.25) is 9.69 Å². The van der Waals surface area contributed by atoms with Gasteiger partial charge in [-0.15, -0.1) is 0 Å². The maximum absolute atomic E-state index is 12.4. The zero-order valence-electron chi connectivity index (χ0n) is 17.6. The van der Waals surface area contributed by atoms with E-state index in [-0.39, 0.29) is 12.0 Å². The first-order valence-electron chi connectivity index (χ1n) is 10.6. The van der Waals surface area contributed by atoms with E-state index in [2.05, 4.69) is 10.2 Å². The molecule has 1 saturated carbocycles. The van der Waals surface area contributed by atoms with Crippen LogP contribution in [0.5, 0.6) is 5.75 Å². The Kier molecular flexibility index (Phi) is 6.53. The smallest absolute Gasteiger partial charge is 0.337 e. The fraction of sp³-hybridized carbons (Fsp3) is 0.417. The summed E-state index contributed by atoms with van der Waals surface area (Å²) in [6, 6.07) is 16.3. The molecule has 7 nitrogen and oxygen atoms in total. The molecule has 0 unspecified atom stereocenters. The second-order valence-corrected chi connectivity index (χ2v) is 8.34. The lowest BCUT2D eigenvalue weighted by molar-refractivity contribution is -0.117. The minimum absolute atomic E-state index is 0.0298. The van der Waals surface area contributed by atoms with E-state index in [9.17, 15) is 14.7 Å². The molecule has 1 amide bonds. The molecule has 0 radical (unpaired) electrons. The Balaban J connectivity index is 1.33. The quantitative estimate of drug-likeness (QED) is 0.693. The normalized spacial score (nSPS) is 25.5. The molecule has 164 valence electrons. The van der Waals surface area contributed by atoms with Crippen molar-refractivity contribution in [1.29, 1.82) is 0 Å². The average Bonchev–Trinajstić information content (AvgIpc) is 3.14. The highest BCUT2D eigenvalue weighted by Gasteiger charge is 2.43. The van der Waals surface area contributed by atoms with Crippen molar-refractivity contribution in [3.63, 3.8) is 0 Å². The molecule has 31 heavy (non-hydrogen) atoms. The van der Waals surface area contributed by atoms with Gasteiger partial charge in [0.2, 0.25) is 5.91 Å². The van der Waals surface area contributed by atoms with Crippen LogP contribution >= 0.6 is 0 Å². The molecule has 1 heterocycles. The average molecular weight is 424 g/mol. The lowest BCUT2D eigenvalue weighted by Gasteiger charge is -2.35. The number of hydrogen-bond acceptors (Lipinski definition) is 6. The van der Waals surface area contributed by atoms with Gasteiger partial charge in [-0.2, -0.15) is 0 Å². The second-order valence-electron chi connectivity index (χ2n) is 8.34. The first-order chi connectivity index (χ1) is 15.0. The molecule has 4 rings (SSSR count). The minimum atomic E-state index is -0.582. The zero-order valence-corrected chi connectivity index (χ0v) is 17.6. The van der Waals surface area contributed by atoms with Crippen molar-refractivity contribution >= 4 is 17.6 Å². The molecule has 1 saturated heterocycles. The molecular formula is C24H28N2O5. The van der Waals surface area contributed by atoms with E-state index < -0.39 is 12.1 Å². The van der Waals surface area contributed by atoms with Crippen LogP contribution < -0.4 is 10.1 Å². The number of amides is 1. The topological polar surface area (TPSA) is 88.1 Å². The number of likely N-dealkylation sites (tertiary alicyclic amines) is 1. The van der Waals surface area contributed by atoms with Gasteiger partial charge in [-0.05, 0) is 55.0 Å². The van der Waals surface area contributed by atoms with Gasteiger partial charge in [-0.1, -0.05) is 24.3 Å². The molecule has 2 aromatic carbocycles. The zero-order chi connectivity index (χ0) is 21.8. The van der Waals surface area contributed by atoms with Gasteiger partial charge in [0.05, 0.1) is 25.3 Å². The van der Waals surface area contributed by atoms with Gasteiger partial charge < -0.3 is 19.9 Å². The van der Waals surface area contributed by atoms with Gasteiger partial charge in [0.25, 0.3) is 0 Å². The molecule has 7 heteroatoms. The van der Waals surface area contributed by atoms with Crippen LogP contribution in [0.25, 0.3) is 0 Å². The highest BCUT2D eigenvalue weighted by molar-refractivity contribution is 5.92. The monoisotopic (exact) mass is 424 g/mol. The van der Waals surface area contributed by atoms with Crippen molar-refractivity contribution in [2.75, 3.05) is 32.1 Å². The summed E-state index contributed by atoms with van der Waals surface area (Å²) in [6.45, 7) is 1.95. The van der Waals surface area contributed by atoms with Crippen LogP contribution in [0.3, 0.4) is 0 Å². The maximum Gasteiger partial charge on any atom is 0.337 e. The number of rotatable bonds is 6. The number of carbonyl (C=O) groups is 2. The number of nitrogens with zero attached hydrogens (tertiary/aromatic N) is 1. The van der Waals surface area contributed by atoms with Gasteiger partial charge in [-0.25, -0.2) is 4.79 Å². The molecule has 0 aromatic heterocycles. The van der Waals surface area contributed by atoms with Gasteiger partial charge >= 0.3 is 5.97 Å². The van der Waals surface area contributed by atoms with E-state index in [1.165, 1.54) is 7.11 Å². The maximum atomic E-state index is 12.4. The highest BCUT2D eigenvalue weighted by atomic mass is 16.5. The van der Waals surface area contributed by atoms with Crippen LogP contribution in [0, 0.1) is 11.8 Å². The van der Waals surface area contributed by atoms with E-state index in [1.807, 2.05) is 30.3 Å². The van der Waals surface area contributed by atoms with E-state index in [0.717, 1.165) is 18.8 Å². The molecule has 1 aliphatic heterocycles. The molecule has 2 fully saturated rings. The Labute approximate surface area is 182 Å². The number of esters is 1. The number of carbonyl (C=O) groups excluding carboxylic acids is 2. The standard InChI is InChI=1S/C24H28N2O5/c1-30-24(29)16-6-5-9-20(10-16)31-22-12-18-14-26(13-17(18)11-21(22)27)15-23(28)25-19-7-3-2-4-8-19/h2-10,17-18,21-22,27H,11-15H2,1H3,(H,25,28)/t17-,18+,21+,22+/m0/s1. The number of methoxy groups -OCH3 is 1. The fourth-order valence-electron chi connectivity index (χ4n) is 4.66. The fourth-order valence-corrected chi connectivity index (χ4v) is 4.66. The van der Waals surface area contributed by atoms with Gasteiger partial charge in [0.1, 0.15) is 11.9 Å². The number of aliphatic hydroxyl groups is 1. The van der Waals surface area contributed by atoms with Crippen LogP contribution in [0.4, 0.5) is 5.69 Å². The van der Waals surface area contributed by atoms with Crippen LogP contribution in [-0.4, -0.2) is 60.8 Å². The molecule has 0 spiro atoms. The third-order valence-corrected chi connectivity index (χ3v) is 6.13. The van der Waals surface area contributed by atoms with Crippen LogP contribution in [0.15, 0.2) is 54.6 Å². The third-order valence-electron chi connectivity index (χ3n) is 6.13. The second kappa shape index (κ2) is 9.49. The number of aliphatic hydroxyl groups excluding tert-OH is 1. The summed E-state index contributed by atoms with van der Waals surface area (Å²) in [7, 11) is 1.34. The predicted octanol–water partition coefficient (Wildman–Crippen LogP) is 2.56. The number of ether oxygens (including phenoxy) is 2. The molecule has 2 aliphatic rings. The van der Waals surface area contributed by atoms with E-state index in [0.29, 0.717) is 42.5 Å². The van der Waals surface area contributed by atoms with Crippen LogP contribution in [-0.2, 0) is 9.53 Å². The summed E-state index contributed by atoms with van der Waals surface area (Å²) in [5.41, 5.74) is 1.21. The van der Waals surface area contributed by atoms with Crippen molar-refractivity contribution in [1.82, 2.24) is 4.90 Å². The molecule has 0 bridgehead atoms.